The molecule has 2 aromatic carbocycles. The zero-order chi connectivity index (χ0) is 13.0. The molecule has 0 N–H and O–H groups in total. The van der Waals surface area contributed by atoms with Gasteiger partial charge in [0.1, 0.15) is 11.5 Å². The molecule has 4 rings (SSSR count). The highest BCUT2D eigenvalue weighted by atomic mass is 79.9. The van der Waals surface area contributed by atoms with Crippen LogP contribution in [0.2, 0.25) is 0 Å². The molecule has 0 spiro atoms. The highest BCUT2D eigenvalue weighted by Crippen LogP contribution is 2.26. The van der Waals surface area contributed by atoms with E-state index in [2.05, 4.69) is 37.4 Å². The number of hydrogen-bond donors (Lipinski definition) is 0. The van der Waals surface area contributed by atoms with Crippen molar-refractivity contribution in [2.24, 2.45) is 0 Å². The van der Waals surface area contributed by atoms with Gasteiger partial charge in [0.05, 0.1) is 16.6 Å². The highest BCUT2D eigenvalue weighted by Gasteiger charge is 2.11. The smallest absolute Gasteiger partial charge is 0.148 e. The van der Waals surface area contributed by atoms with Crippen molar-refractivity contribution in [2.45, 2.75) is 6.92 Å². The maximum atomic E-state index is 4.75. The van der Waals surface area contributed by atoms with Crippen molar-refractivity contribution in [3.8, 4) is 0 Å². The molecule has 0 unspecified atom stereocenters. The fraction of sp³-hybridized carbons (Fsp3) is 0.0667. The summed E-state index contributed by atoms with van der Waals surface area (Å²) in [6.45, 7) is 2.02. The minimum Gasteiger partial charge on any atom is -0.280 e. The Balaban J connectivity index is 2.35. The third-order valence-corrected chi connectivity index (χ3v) is 3.86. The second kappa shape index (κ2) is 3.78. The number of nitrogens with zero attached hydrogens (tertiary/aromatic N) is 3. The van der Waals surface area contributed by atoms with Gasteiger partial charge in [0.15, 0.2) is 0 Å². The average Bonchev–Trinajstić information content (AvgIpc) is 2.80. The largest absolute Gasteiger partial charge is 0.280 e. The van der Waals surface area contributed by atoms with E-state index in [1.165, 1.54) is 0 Å². The quantitative estimate of drug-likeness (QED) is 0.489. The van der Waals surface area contributed by atoms with Crippen molar-refractivity contribution in [2.75, 3.05) is 0 Å². The zero-order valence-electron chi connectivity index (χ0n) is 10.3. The molecule has 0 saturated heterocycles. The molecular weight excluding hydrogens is 302 g/mol. The van der Waals surface area contributed by atoms with E-state index in [0.29, 0.717) is 0 Å². The fourth-order valence-corrected chi connectivity index (χ4v) is 2.90. The van der Waals surface area contributed by atoms with Gasteiger partial charge in [-0.2, -0.15) is 0 Å². The molecule has 92 valence electrons. The number of rotatable bonds is 0. The fourth-order valence-electron chi connectivity index (χ4n) is 2.54. The molecule has 0 radical (unpaired) electrons. The van der Waals surface area contributed by atoms with Crippen LogP contribution in [0.15, 0.2) is 46.9 Å². The molecule has 0 aliphatic rings. The standard InChI is InChI=1S/C15H10BrN3/c1-9-17-12-7-6-10(16)8-11(12)15-18-13-4-2-3-5-14(13)19(9)15/h2-8H,1H3. The summed E-state index contributed by atoms with van der Waals surface area (Å²) in [5.41, 5.74) is 4.04. The topological polar surface area (TPSA) is 30.2 Å². The van der Waals surface area contributed by atoms with Crippen molar-refractivity contribution in [3.05, 3.63) is 52.8 Å². The number of imidazole rings is 1. The number of aryl methyl sites for hydroxylation is 1. The summed E-state index contributed by atoms with van der Waals surface area (Å²) in [6, 6.07) is 14.2. The van der Waals surface area contributed by atoms with Crippen LogP contribution in [0.4, 0.5) is 0 Å². The Bertz CT molecular complexity index is 940. The minimum absolute atomic E-state index is 0.957. The van der Waals surface area contributed by atoms with Crippen LogP contribution in [0.3, 0.4) is 0 Å². The van der Waals surface area contributed by atoms with E-state index in [0.717, 1.165) is 37.9 Å². The molecule has 2 heterocycles. The number of fused-ring (bicyclic) bond motifs is 5. The first-order valence-electron chi connectivity index (χ1n) is 6.07. The summed E-state index contributed by atoms with van der Waals surface area (Å²) in [5.74, 6) is 0.957. The number of hydrogen-bond acceptors (Lipinski definition) is 2. The van der Waals surface area contributed by atoms with Crippen LogP contribution in [0.1, 0.15) is 5.82 Å². The second-order valence-corrected chi connectivity index (χ2v) is 5.50. The molecule has 0 fully saturated rings. The van der Waals surface area contributed by atoms with Crippen LogP contribution in [-0.4, -0.2) is 14.4 Å². The van der Waals surface area contributed by atoms with E-state index < -0.39 is 0 Å². The number of benzene rings is 2. The Kier molecular flexibility index (Phi) is 2.17. The third-order valence-electron chi connectivity index (χ3n) is 3.37. The van der Waals surface area contributed by atoms with E-state index in [1.54, 1.807) is 0 Å². The van der Waals surface area contributed by atoms with Crippen LogP contribution in [0.25, 0.3) is 27.6 Å². The van der Waals surface area contributed by atoms with E-state index in [9.17, 15) is 0 Å². The molecule has 0 aliphatic heterocycles. The first-order valence-corrected chi connectivity index (χ1v) is 6.86. The van der Waals surface area contributed by atoms with E-state index >= 15 is 0 Å². The van der Waals surface area contributed by atoms with Crippen LogP contribution < -0.4 is 0 Å². The molecule has 3 nitrogen and oxygen atoms in total. The van der Waals surface area contributed by atoms with Gasteiger partial charge < -0.3 is 0 Å². The van der Waals surface area contributed by atoms with Crippen molar-refractivity contribution in [1.82, 2.24) is 14.4 Å². The van der Waals surface area contributed by atoms with Crippen LogP contribution in [-0.2, 0) is 0 Å². The highest BCUT2D eigenvalue weighted by molar-refractivity contribution is 9.10. The van der Waals surface area contributed by atoms with Gasteiger partial charge >= 0.3 is 0 Å². The molecule has 4 aromatic rings. The summed E-state index contributed by atoms with van der Waals surface area (Å²) >= 11 is 3.52. The zero-order valence-corrected chi connectivity index (χ0v) is 11.8. The first-order chi connectivity index (χ1) is 9.24. The summed E-state index contributed by atoms with van der Waals surface area (Å²) in [6.07, 6.45) is 0. The predicted octanol–water partition coefficient (Wildman–Crippen LogP) is 4.11. The van der Waals surface area contributed by atoms with Crippen molar-refractivity contribution < 1.29 is 0 Å². The lowest BCUT2D eigenvalue weighted by atomic mass is 10.2. The molecule has 0 aliphatic carbocycles. The molecule has 0 amide bonds. The number of para-hydroxylation sites is 2. The SMILES string of the molecule is Cc1nc2ccc(Br)cc2c2nc3ccccc3n12. The molecule has 0 atom stereocenters. The normalized spacial score (nSPS) is 11.7. The molecule has 4 heteroatoms. The Morgan fingerprint density at radius 3 is 2.74 bits per heavy atom. The van der Waals surface area contributed by atoms with Gasteiger partial charge in [0.2, 0.25) is 0 Å². The lowest BCUT2D eigenvalue weighted by Gasteiger charge is -2.05. The van der Waals surface area contributed by atoms with Crippen LogP contribution in [0.5, 0.6) is 0 Å². The van der Waals surface area contributed by atoms with Gasteiger partial charge in [-0.05, 0) is 37.3 Å². The summed E-state index contributed by atoms with van der Waals surface area (Å²) in [4.78, 5) is 9.42. The maximum Gasteiger partial charge on any atom is 0.148 e. The van der Waals surface area contributed by atoms with Crippen LogP contribution in [0, 0.1) is 6.92 Å². The van der Waals surface area contributed by atoms with Gasteiger partial charge in [-0.25, -0.2) is 9.97 Å². The Morgan fingerprint density at radius 2 is 1.84 bits per heavy atom. The van der Waals surface area contributed by atoms with Gasteiger partial charge in [-0.3, -0.25) is 4.40 Å². The minimum atomic E-state index is 0.957. The number of halogens is 1. The monoisotopic (exact) mass is 311 g/mol. The lowest BCUT2D eigenvalue weighted by Crippen LogP contribution is -1.96. The van der Waals surface area contributed by atoms with Gasteiger partial charge in [-0.1, -0.05) is 28.1 Å². The summed E-state index contributed by atoms with van der Waals surface area (Å²) in [7, 11) is 0. The summed E-state index contributed by atoms with van der Waals surface area (Å²) in [5, 5.41) is 1.07. The Hall–Kier alpha value is -1.94. The lowest BCUT2D eigenvalue weighted by molar-refractivity contribution is 1.04. The van der Waals surface area contributed by atoms with Crippen molar-refractivity contribution in [1.29, 1.82) is 0 Å². The van der Waals surface area contributed by atoms with Crippen molar-refractivity contribution in [3.63, 3.8) is 0 Å². The van der Waals surface area contributed by atoms with E-state index in [1.807, 2.05) is 37.3 Å². The molecule has 0 bridgehead atoms. The molecular formula is C15H10BrN3. The van der Waals surface area contributed by atoms with Gasteiger partial charge in [0, 0.05) is 9.86 Å². The predicted molar refractivity (Wildman–Crippen MR) is 80.4 cm³/mol. The Morgan fingerprint density at radius 1 is 1.00 bits per heavy atom. The summed E-state index contributed by atoms with van der Waals surface area (Å²) < 4.78 is 3.16. The Labute approximate surface area is 118 Å². The van der Waals surface area contributed by atoms with E-state index in [4.69, 9.17) is 4.98 Å². The van der Waals surface area contributed by atoms with Crippen molar-refractivity contribution >= 4 is 43.5 Å². The second-order valence-electron chi connectivity index (χ2n) is 4.58. The van der Waals surface area contributed by atoms with Crippen LogP contribution >= 0.6 is 15.9 Å². The first kappa shape index (κ1) is 10.9. The maximum absolute atomic E-state index is 4.75. The number of aromatic nitrogens is 3. The third kappa shape index (κ3) is 1.50. The molecule has 0 saturated carbocycles. The molecule has 19 heavy (non-hydrogen) atoms. The van der Waals surface area contributed by atoms with Gasteiger partial charge in [-0.15, -0.1) is 0 Å². The average molecular weight is 312 g/mol. The van der Waals surface area contributed by atoms with E-state index in [-0.39, 0.29) is 0 Å². The molecule has 2 aromatic heterocycles. The van der Waals surface area contributed by atoms with Gasteiger partial charge in [0.25, 0.3) is 0 Å².